The highest BCUT2D eigenvalue weighted by Gasteiger charge is 2.29. The number of benzene rings is 1. The molecule has 0 aliphatic carbocycles. The molecule has 0 saturated carbocycles. The summed E-state index contributed by atoms with van der Waals surface area (Å²) in [6, 6.07) is 5.45. The van der Waals surface area contributed by atoms with Gasteiger partial charge in [-0.25, -0.2) is 8.42 Å². The van der Waals surface area contributed by atoms with Gasteiger partial charge in [0, 0.05) is 19.6 Å². The number of hydrogen-bond acceptors (Lipinski definition) is 5. The van der Waals surface area contributed by atoms with Gasteiger partial charge < -0.3 is 16.0 Å². The maximum Gasteiger partial charge on any atom is 0.241 e. The Morgan fingerprint density at radius 2 is 1.79 bits per heavy atom. The molecule has 2 rings (SSSR count). The number of carbonyl (C=O) groups is 1. The lowest BCUT2D eigenvalue weighted by atomic mass is 10.1. The predicted octanol–water partition coefficient (Wildman–Crippen LogP) is 0.547. The Bertz CT molecular complexity index is 816. The molecule has 1 aliphatic rings. The van der Waals surface area contributed by atoms with Gasteiger partial charge in [0.2, 0.25) is 15.9 Å². The van der Waals surface area contributed by atoms with Crippen molar-refractivity contribution in [2.24, 2.45) is 5.73 Å². The van der Waals surface area contributed by atoms with Crippen LogP contribution in [0.3, 0.4) is 0 Å². The highest BCUT2D eigenvalue weighted by molar-refractivity contribution is 7.89. The third kappa shape index (κ3) is 6.03. The summed E-state index contributed by atoms with van der Waals surface area (Å²) in [5.74, 6) is -0.948. The van der Waals surface area contributed by atoms with Gasteiger partial charge >= 0.3 is 0 Å². The molecule has 1 aromatic carbocycles. The Balaban J connectivity index is 2.13. The van der Waals surface area contributed by atoms with Crippen molar-refractivity contribution in [3.8, 4) is 0 Å². The van der Waals surface area contributed by atoms with Crippen LogP contribution < -0.4 is 15.8 Å². The maximum absolute atomic E-state index is 12.9. The first-order valence-corrected chi connectivity index (χ1v) is 10.7. The molecule has 6 N–H and O–H groups in total. The molecular formula is C18H28N6O3S. The number of piperidine rings is 1. The average molecular weight is 409 g/mol. The second-order valence-electron chi connectivity index (χ2n) is 6.88. The highest BCUT2D eigenvalue weighted by atomic mass is 32.2. The van der Waals surface area contributed by atoms with E-state index in [4.69, 9.17) is 16.6 Å². The van der Waals surface area contributed by atoms with E-state index in [-0.39, 0.29) is 29.6 Å². The van der Waals surface area contributed by atoms with Crippen molar-refractivity contribution >= 4 is 27.6 Å². The van der Waals surface area contributed by atoms with Crippen molar-refractivity contribution in [3.63, 3.8) is 0 Å². The second-order valence-corrected chi connectivity index (χ2v) is 8.59. The largest absolute Gasteiger partial charge is 0.381 e. The van der Waals surface area contributed by atoms with Crippen LogP contribution in [0.5, 0.6) is 0 Å². The summed E-state index contributed by atoms with van der Waals surface area (Å²) in [4.78, 5) is 14.7. The van der Waals surface area contributed by atoms with Gasteiger partial charge in [-0.3, -0.25) is 15.6 Å². The summed E-state index contributed by atoms with van der Waals surface area (Å²) >= 11 is 0. The van der Waals surface area contributed by atoms with Crippen LogP contribution in [-0.4, -0.2) is 56.6 Å². The molecule has 1 atom stereocenters. The van der Waals surface area contributed by atoms with Crippen LogP contribution in [0.2, 0.25) is 0 Å². The van der Waals surface area contributed by atoms with Gasteiger partial charge in [-0.15, -0.1) is 0 Å². The molecule has 28 heavy (non-hydrogen) atoms. The number of nitrogens with zero attached hydrogens (tertiary/aromatic N) is 1. The van der Waals surface area contributed by atoms with E-state index in [0.717, 1.165) is 24.8 Å². The molecule has 1 amide bonds. The van der Waals surface area contributed by atoms with Gasteiger partial charge in [0.25, 0.3) is 0 Å². The van der Waals surface area contributed by atoms with Crippen molar-refractivity contribution < 1.29 is 13.2 Å². The standard InChI is InChI=1S/C18H28N6O3S/c1-13-5-7-14(8-6-13)28(26,27)23-15(9-10-22-17(21)16(19)20)18(25)24-11-3-2-4-12-24/h5-8,15,23H,2-4,9-12H2,1H3,(H3,19,20)(H2,21,22). The van der Waals surface area contributed by atoms with Crippen LogP contribution in [0.15, 0.2) is 29.2 Å². The topological polar surface area (TPSA) is 152 Å². The maximum atomic E-state index is 12.9. The molecule has 1 aromatic rings. The number of aryl methyl sites for hydroxylation is 1. The molecule has 1 saturated heterocycles. The molecule has 1 aliphatic heterocycles. The van der Waals surface area contributed by atoms with E-state index in [0.29, 0.717) is 13.1 Å². The van der Waals surface area contributed by atoms with Crippen LogP contribution in [-0.2, 0) is 14.8 Å². The zero-order chi connectivity index (χ0) is 20.7. The van der Waals surface area contributed by atoms with Gasteiger partial charge in [-0.1, -0.05) is 17.7 Å². The van der Waals surface area contributed by atoms with E-state index in [2.05, 4.69) is 10.0 Å². The van der Waals surface area contributed by atoms with Crippen LogP contribution >= 0.6 is 0 Å². The zero-order valence-electron chi connectivity index (χ0n) is 16.0. The van der Waals surface area contributed by atoms with E-state index in [1.54, 1.807) is 17.0 Å². The van der Waals surface area contributed by atoms with Crippen molar-refractivity contribution in [3.05, 3.63) is 29.8 Å². The van der Waals surface area contributed by atoms with Crippen LogP contribution in [0.25, 0.3) is 0 Å². The minimum Gasteiger partial charge on any atom is -0.381 e. The fraction of sp³-hybridized carbons (Fsp3) is 0.500. The molecule has 1 fully saturated rings. The van der Waals surface area contributed by atoms with E-state index in [9.17, 15) is 13.2 Å². The Labute approximate surface area is 165 Å². The first-order chi connectivity index (χ1) is 13.2. The van der Waals surface area contributed by atoms with Crippen LogP contribution in [0.1, 0.15) is 31.2 Å². The number of amides is 1. The first kappa shape index (κ1) is 21.8. The predicted molar refractivity (Wildman–Crippen MR) is 108 cm³/mol. The van der Waals surface area contributed by atoms with Crippen LogP contribution in [0.4, 0.5) is 0 Å². The molecule has 1 unspecified atom stereocenters. The minimum atomic E-state index is -3.87. The van der Waals surface area contributed by atoms with Gasteiger partial charge in [0.1, 0.15) is 6.04 Å². The summed E-state index contributed by atoms with van der Waals surface area (Å²) in [6.45, 7) is 3.22. The Morgan fingerprint density at radius 3 is 2.36 bits per heavy atom. The Morgan fingerprint density at radius 1 is 1.18 bits per heavy atom. The molecule has 154 valence electrons. The van der Waals surface area contributed by atoms with Crippen molar-refractivity contribution in [2.45, 2.75) is 43.5 Å². The summed E-state index contributed by atoms with van der Waals surface area (Å²) in [5.41, 5.74) is 6.17. The molecule has 9 nitrogen and oxygen atoms in total. The number of rotatable bonds is 7. The fourth-order valence-corrected chi connectivity index (χ4v) is 4.20. The number of amidine groups is 2. The lowest BCUT2D eigenvalue weighted by molar-refractivity contribution is -0.134. The number of nitrogens with one attached hydrogen (secondary N) is 4. The highest BCUT2D eigenvalue weighted by Crippen LogP contribution is 2.15. The number of hydrogen-bond donors (Lipinski definition) is 5. The molecule has 10 heteroatoms. The van der Waals surface area contributed by atoms with Crippen LogP contribution in [0, 0.1) is 17.7 Å². The Kier molecular flexibility index (Phi) is 7.53. The van der Waals surface area contributed by atoms with E-state index in [1.807, 2.05) is 6.92 Å². The SMILES string of the molecule is Cc1ccc(S(=O)(=O)NC(CCNC(=N)C(=N)N)C(=O)N2CCCCC2)cc1. The van der Waals surface area contributed by atoms with E-state index >= 15 is 0 Å². The third-order valence-corrected chi connectivity index (χ3v) is 6.09. The minimum absolute atomic E-state index is 0.0963. The molecule has 1 heterocycles. The van der Waals surface area contributed by atoms with Crippen molar-refractivity contribution in [2.75, 3.05) is 19.6 Å². The number of carbonyl (C=O) groups excluding carboxylic acids is 1. The number of nitrogens with two attached hydrogens (primary N) is 1. The summed E-state index contributed by atoms with van der Waals surface area (Å²) in [6.07, 6.45) is 2.99. The van der Waals surface area contributed by atoms with Crippen molar-refractivity contribution in [1.29, 1.82) is 10.8 Å². The normalized spacial score (nSPS) is 15.7. The van der Waals surface area contributed by atoms with Crippen molar-refractivity contribution in [1.82, 2.24) is 14.9 Å². The van der Waals surface area contributed by atoms with Gasteiger partial charge in [-0.05, 0) is 44.7 Å². The summed E-state index contributed by atoms with van der Waals surface area (Å²) < 4.78 is 28.0. The Hall–Kier alpha value is -2.46. The summed E-state index contributed by atoms with van der Waals surface area (Å²) in [7, 11) is -3.87. The van der Waals surface area contributed by atoms with Gasteiger partial charge in [0.05, 0.1) is 4.90 Å². The first-order valence-electron chi connectivity index (χ1n) is 9.25. The number of likely N-dealkylation sites (tertiary alicyclic amines) is 1. The molecule has 0 aromatic heterocycles. The lowest BCUT2D eigenvalue weighted by Crippen LogP contribution is -2.51. The molecular weight excluding hydrogens is 380 g/mol. The van der Waals surface area contributed by atoms with Gasteiger partial charge in [-0.2, -0.15) is 4.72 Å². The number of sulfonamides is 1. The molecule has 0 spiro atoms. The quantitative estimate of drug-likeness (QED) is 0.329. The lowest BCUT2D eigenvalue weighted by Gasteiger charge is -2.30. The van der Waals surface area contributed by atoms with E-state index in [1.165, 1.54) is 12.1 Å². The van der Waals surface area contributed by atoms with Gasteiger partial charge in [0.15, 0.2) is 11.7 Å². The second kappa shape index (κ2) is 9.65. The summed E-state index contributed by atoms with van der Waals surface area (Å²) in [5, 5.41) is 17.4. The smallest absolute Gasteiger partial charge is 0.241 e. The molecule has 0 radical (unpaired) electrons. The molecule has 0 bridgehead atoms. The average Bonchev–Trinajstić information content (AvgIpc) is 2.67. The third-order valence-electron chi connectivity index (χ3n) is 4.60. The monoisotopic (exact) mass is 408 g/mol. The fourth-order valence-electron chi connectivity index (χ4n) is 2.98. The zero-order valence-corrected chi connectivity index (χ0v) is 16.8. The van der Waals surface area contributed by atoms with E-state index < -0.39 is 21.9 Å².